The van der Waals surface area contributed by atoms with Gasteiger partial charge in [0.2, 0.25) is 0 Å². The number of rotatable bonds is 3. The van der Waals surface area contributed by atoms with Gasteiger partial charge >= 0.3 is 0 Å². The highest BCUT2D eigenvalue weighted by atomic mass is 35.5. The average Bonchev–Trinajstić information content (AvgIpc) is 3.04. The van der Waals surface area contributed by atoms with E-state index in [0.717, 1.165) is 16.3 Å². The fourth-order valence-corrected chi connectivity index (χ4v) is 3.24. The Morgan fingerprint density at radius 2 is 2.00 bits per heavy atom. The van der Waals surface area contributed by atoms with Crippen LogP contribution < -0.4 is 5.56 Å². The first-order valence-corrected chi connectivity index (χ1v) is 8.34. The summed E-state index contributed by atoms with van der Waals surface area (Å²) in [6, 6.07) is 16.3. The molecule has 26 heavy (non-hydrogen) atoms. The van der Waals surface area contributed by atoms with E-state index in [1.807, 2.05) is 30.3 Å². The maximum atomic E-state index is 12.4. The fraction of sp³-hybridized carbons (Fsp3) is 0.0500. The second-order valence-electron chi connectivity index (χ2n) is 5.88. The van der Waals surface area contributed by atoms with Crippen LogP contribution in [0.2, 0.25) is 5.02 Å². The standard InChI is InChI=1S/C20H13ClN4O/c21-15-6-3-5-13(8-15)18-12-25(24-20(18)26)19(9-22)17-11-23-10-14-4-1-2-7-16(14)17/h1-8,10-12,19H,(H,24,26). The van der Waals surface area contributed by atoms with Crippen LogP contribution in [0.1, 0.15) is 11.6 Å². The normalized spacial score (nSPS) is 12.0. The number of nitrogens with one attached hydrogen (secondary N) is 1. The van der Waals surface area contributed by atoms with Crippen LogP contribution in [-0.2, 0) is 0 Å². The molecule has 2 aromatic heterocycles. The molecule has 1 atom stereocenters. The molecule has 2 aromatic carbocycles. The summed E-state index contributed by atoms with van der Waals surface area (Å²) < 4.78 is 1.52. The smallest absolute Gasteiger partial charge is 0.270 e. The summed E-state index contributed by atoms with van der Waals surface area (Å²) in [6.45, 7) is 0. The van der Waals surface area contributed by atoms with E-state index in [9.17, 15) is 10.1 Å². The lowest BCUT2D eigenvalue weighted by Gasteiger charge is -2.13. The molecule has 0 aliphatic carbocycles. The molecule has 6 heteroatoms. The molecule has 0 saturated carbocycles. The fourth-order valence-electron chi connectivity index (χ4n) is 3.05. The van der Waals surface area contributed by atoms with Crippen molar-refractivity contribution in [2.24, 2.45) is 0 Å². The Labute approximate surface area is 154 Å². The van der Waals surface area contributed by atoms with Crippen molar-refractivity contribution in [3.8, 4) is 17.2 Å². The quantitative estimate of drug-likeness (QED) is 0.596. The van der Waals surface area contributed by atoms with Crippen molar-refractivity contribution in [2.75, 3.05) is 0 Å². The van der Waals surface area contributed by atoms with Gasteiger partial charge in [-0.25, -0.2) is 0 Å². The molecule has 4 rings (SSSR count). The van der Waals surface area contributed by atoms with Gasteiger partial charge in [-0.1, -0.05) is 48.0 Å². The maximum Gasteiger partial charge on any atom is 0.271 e. The van der Waals surface area contributed by atoms with Gasteiger partial charge in [-0.3, -0.25) is 19.6 Å². The highest BCUT2D eigenvalue weighted by Gasteiger charge is 2.19. The number of aromatic amines is 1. The number of nitriles is 1. The third-order valence-corrected chi connectivity index (χ3v) is 4.51. The van der Waals surface area contributed by atoms with Crippen molar-refractivity contribution in [3.63, 3.8) is 0 Å². The van der Waals surface area contributed by atoms with Crippen LogP contribution in [0.25, 0.3) is 21.9 Å². The van der Waals surface area contributed by atoms with Crippen molar-refractivity contribution in [3.05, 3.63) is 88.1 Å². The molecule has 0 amide bonds. The van der Waals surface area contributed by atoms with Gasteiger partial charge in [-0.05, 0) is 23.1 Å². The molecule has 0 bridgehead atoms. The van der Waals surface area contributed by atoms with Gasteiger partial charge in [0, 0.05) is 34.6 Å². The van der Waals surface area contributed by atoms with Gasteiger partial charge in [-0.2, -0.15) is 5.26 Å². The van der Waals surface area contributed by atoms with Crippen molar-refractivity contribution in [1.29, 1.82) is 5.26 Å². The van der Waals surface area contributed by atoms with Crippen LogP contribution in [-0.4, -0.2) is 14.8 Å². The summed E-state index contributed by atoms with van der Waals surface area (Å²) in [4.78, 5) is 16.7. The lowest BCUT2D eigenvalue weighted by molar-refractivity contribution is 0.617. The Balaban J connectivity index is 1.85. The SMILES string of the molecule is N#CC(c1cncc2ccccc12)n1cc(-c2cccc(Cl)c2)c(=O)[nH]1. The summed E-state index contributed by atoms with van der Waals surface area (Å²) in [7, 11) is 0. The summed E-state index contributed by atoms with van der Waals surface area (Å²) in [5, 5.41) is 14.9. The van der Waals surface area contributed by atoms with Crippen LogP contribution in [0.3, 0.4) is 0 Å². The molecule has 126 valence electrons. The number of benzene rings is 2. The van der Waals surface area contributed by atoms with Crippen LogP contribution >= 0.6 is 11.6 Å². The molecular weight excluding hydrogens is 348 g/mol. The zero-order chi connectivity index (χ0) is 18.1. The molecular formula is C20H13ClN4O. The number of hydrogen-bond acceptors (Lipinski definition) is 3. The largest absolute Gasteiger partial charge is 0.271 e. The minimum absolute atomic E-state index is 0.277. The monoisotopic (exact) mass is 360 g/mol. The van der Waals surface area contributed by atoms with Gasteiger partial charge < -0.3 is 0 Å². The Morgan fingerprint density at radius 3 is 2.81 bits per heavy atom. The van der Waals surface area contributed by atoms with Crippen LogP contribution in [0.5, 0.6) is 0 Å². The van der Waals surface area contributed by atoms with E-state index in [-0.39, 0.29) is 5.56 Å². The van der Waals surface area contributed by atoms with E-state index < -0.39 is 6.04 Å². The number of hydrogen-bond donors (Lipinski definition) is 1. The second-order valence-corrected chi connectivity index (χ2v) is 6.32. The van der Waals surface area contributed by atoms with Crippen LogP contribution in [0, 0.1) is 11.3 Å². The van der Waals surface area contributed by atoms with E-state index >= 15 is 0 Å². The maximum absolute atomic E-state index is 12.4. The number of fused-ring (bicyclic) bond motifs is 1. The van der Waals surface area contributed by atoms with E-state index in [1.54, 1.807) is 36.8 Å². The number of H-pyrrole nitrogens is 1. The molecule has 0 aliphatic heterocycles. The molecule has 0 spiro atoms. The summed E-state index contributed by atoms with van der Waals surface area (Å²) >= 11 is 6.03. The third-order valence-electron chi connectivity index (χ3n) is 4.27. The predicted octanol–water partition coefficient (Wildman–Crippen LogP) is 4.16. The van der Waals surface area contributed by atoms with Crippen molar-refractivity contribution >= 4 is 22.4 Å². The van der Waals surface area contributed by atoms with Crippen molar-refractivity contribution < 1.29 is 0 Å². The molecule has 0 saturated heterocycles. The molecule has 1 unspecified atom stereocenters. The van der Waals surface area contributed by atoms with E-state index in [0.29, 0.717) is 16.1 Å². The Kier molecular flexibility index (Phi) is 4.04. The van der Waals surface area contributed by atoms with Gasteiger partial charge in [0.05, 0.1) is 11.6 Å². The first-order chi connectivity index (χ1) is 12.7. The number of pyridine rings is 1. The van der Waals surface area contributed by atoms with Gasteiger partial charge in [0.25, 0.3) is 5.56 Å². The molecule has 0 fully saturated rings. The topological polar surface area (TPSA) is 74.5 Å². The molecule has 5 nitrogen and oxygen atoms in total. The van der Waals surface area contributed by atoms with Crippen LogP contribution in [0.15, 0.2) is 71.9 Å². The number of aromatic nitrogens is 3. The van der Waals surface area contributed by atoms with Gasteiger partial charge in [0.1, 0.15) is 0 Å². The third kappa shape index (κ3) is 2.77. The predicted molar refractivity (Wildman–Crippen MR) is 101 cm³/mol. The minimum Gasteiger partial charge on any atom is -0.270 e. The van der Waals surface area contributed by atoms with Gasteiger partial charge in [0.15, 0.2) is 6.04 Å². The zero-order valence-electron chi connectivity index (χ0n) is 13.6. The van der Waals surface area contributed by atoms with Crippen LogP contribution in [0.4, 0.5) is 0 Å². The highest BCUT2D eigenvalue weighted by Crippen LogP contribution is 2.26. The molecule has 2 heterocycles. The number of nitrogens with zero attached hydrogens (tertiary/aromatic N) is 3. The molecule has 0 aliphatic rings. The summed E-state index contributed by atoms with van der Waals surface area (Å²) in [5.41, 5.74) is 1.61. The van der Waals surface area contributed by atoms with Crippen molar-refractivity contribution in [2.45, 2.75) is 6.04 Å². The summed E-state index contributed by atoms with van der Waals surface area (Å²) in [6.07, 6.45) is 5.06. The molecule has 1 N–H and O–H groups in total. The van der Waals surface area contributed by atoms with E-state index in [2.05, 4.69) is 16.2 Å². The lowest BCUT2D eigenvalue weighted by atomic mass is 10.0. The number of halogens is 1. The molecule has 4 aromatic rings. The average molecular weight is 361 g/mol. The van der Waals surface area contributed by atoms with E-state index in [1.165, 1.54) is 4.68 Å². The summed E-state index contributed by atoms with van der Waals surface area (Å²) in [5.74, 6) is 0. The first kappa shape index (κ1) is 16.1. The zero-order valence-corrected chi connectivity index (χ0v) is 14.3. The Morgan fingerprint density at radius 1 is 1.15 bits per heavy atom. The first-order valence-electron chi connectivity index (χ1n) is 7.97. The van der Waals surface area contributed by atoms with Crippen molar-refractivity contribution in [1.82, 2.24) is 14.8 Å². The Hall–Kier alpha value is -3.36. The molecule has 0 radical (unpaired) electrons. The lowest BCUT2D eigenvalue weighted by Crippen LogP contribution is -2.13. The second kappa shape index (κ2) is 6.51. The minimum atomic E-state index is -0.700. The van der Waals surface area contributed by atoms with Gasteiger partial charge in [-0.15, -0.1) is 0 Å². The van der Waals surface area contributed by atoms with E-state index in [4.69, 9.17) is 11.6 Å². The highest BCUT2D eigenvalue weighted by molar-refractivity contribution is 6.30. The Bertz CT molecular complexity index is 1200.